The number of esters is 1. The van der Waals surface area contributed by atoms with E-state index in [2.05, 4.69) is 25.9 Å². The quantitative estimate of drug-likeness (QED) is 0.627. The molecule has 0 atom stereocenters. The zero-order chi connectivity index (χ0) is 17.1. The third-order valence-electron chi connectivity index (χ3n) is 3.46. The number of halogens is 1. The zero-order valence-electron chi connectivity index (χ0n) is 13.2. The highest BCUT2D eigenvalue weighted by molar-refractivity contribution is 9.10. The maximum atomic E-state index is 12.3. The zero-order valence-corrected chi connectivity index (χ0v) is 14.8. The molecule has 0 unspecified atom stereocenters. The van der Waals surface area contributed by atoms with Crippen molar-refractivity contribution in [3.05, 3.63) is 52.6 Å². The Hall–Kier alpha value is -2.47. The summed E-state index contributed by atoms with van der Waals surface area (Å²) >= 11 is 3.44. The van der Waals surface area contributed by atoms with E-state index in [4.69, 9.17) is 9.47 Å². The molecule has 122 valence electrons. The molecule has 0 amide bonds. The lowest BCUT2D eigenvalue weighted by Crippen LogP contribution is -2.10. The van der Waals surface area contributed by atoms with E-state index in [1.807, 2.05) is 24.3 Å². The Kier molecular flexibility index (Phi) is 4.76. The van der Waals surface area contributed by atoms with E-state index in [0.29, 0.717) is 22.5 Å². The maximum absolute atomic E-state index is 12.3. The minimum atomic E-state index is -0.477. The Labute approximate surface area is 147 Å². The molecule has 0 bridgehead atoms. The lowest BCUT2D eigenvalue weighted by molar-refractivity contribution is 0.0522. The number of hydrogen-bond acceptors (Lipinski definition) is 5. The second-order valence-corrected chi connectivity index (χ2v) is 5.90. The highest BCUT2D eigenvalue weighted by Gasteiger charge is 2.19. The SMILES string of the molecule is CCOC(=O)c1nc(-c2cccc(Br)c2)nc2c(OC)cccc12. The summed E-state index contributed by atoms with van der Waals surface area (Å²) in [6, 6.07) is 13.0. The molecule has 0 radical (unpaired) electrons. The summed E-state index contributed by atoms with van der Waals surface area (Å²) in [5.74, 6) is 0.544. The number of carbonyl (C=O) groups excluding carboxylic acids is 1. The van der Waals surface area contributed by atoms with E-state index in [1.54, 1.807) is 32.2 Å². The van der Waals surface area contributed by atoms with Crippen molar-refractivity contribution in [1.29, 1.82) is 0 Å². The van der Waals surface area contributed by atoms with E-state index in [-0.39, 0.29) is 12.3 Å². The van der Waals surface area contributed by atoms with Gasteiger partial charge in [0.15, 0.2) is 11.5 Å². The van der Waals surface area contributed by atoms with E-state index >= 15 is 0 Å². The molecule has 6 heteroatoms. The Balaban J connectivity index is 2.29. The molecule has 1 heterocycles. The Morgan fingerprint density at radius 3 is 2.67 bits per heavy atom. The third-order valence-corrected chi connectivity index (χ3v) is 3.95. The molecule has 2 aromatic carbocycles. The molecule has 0 spiro atoms. The van der Waals surface area contributed by atoms with Gasteiger partial charge < -0.3 is 9.47 Å². The van der Waals surface area contributed by atoms with E-state index in [0.717, 1.165) is 10.0 Å². The Morgan fingerprint density at radius 1 is 1.17 bits per heavy atom. The summed E-state index contributed by atoms with van der Waals surface area (Å²) in [6.07, 6.45) is 0. The number of rotatable bonds is 4. The minimum Gasteiger partial charge on any atom is -0.494 e. The van der Waals surface area contributed by atoms with Crippen LogP contribution in [0.15, 0.2) is 46.9 Å². The highest BCUT2D eigenvalue weighted by atomic mass is 79.9. The first-order valence-electron chi connectivity index (χ1n) is 7.42. The van der Waals surface area contributed by atoms with Gasteiger partial charge in [-0.2, -0.15) is 0 Å². The van der Waals surface area contributed by atoms with Crippen molar-refractivity contribution in [3.8, 4) is 17.1 Å². The molecule has 24 heavy (non-hydrogen) atoms. The Morgan fingerprint density at radius 2 is 1.96 bits per heavy atom. The summed E-state index contributed by atoms with van der Waals surface area (Å²) in [5, 5.41) is 0.603. The second-order valence-electron chi connectivity index (χ2n) is 4.98. The summed E-state index contributed by atoms with van der Waals surface area (Å²) in [7, 11) is 1.57. The predicted octanol–water partition coefficient (Wildman–Crippen LogP) is 4.24. The van der Waals surface area contributed by atoms with Gasteiger partial charge in [0.2, 0.25) is 0 Å². The average Bonchev–Trinajstić information content (AvgIpc) is 2.60. The van der Waals surface area contributed by atoms with Crippen molar-refractivity contribution in [1.82, 2.24) is 9.97 Å². The smallest absolute Gasteiger partial charge is 0.357 e. The van der Waals surface area contributed by atoms with Gasteiger partial charge in [-0.1, -0.05) is 40.2 Å². The molecule has 0 aliphatic carbocycles. The van der Waals surface area contributed by atoms with Crippen LogP contribution in [-0.4, -0.2) is 29.7 Å². The molecule has 5 nitrogen and oxygen atoms in total. The third kappa shape index (κ3) is 3.10. The number of carbonyl (C=O) groups is 1. The lowest BCUT2D eigenvalue weighted by atomic mass is 10.1. The fraction of sp³-hybridized carbons (Fsp3) is 0.167. The standard InChI is InChI=1S/C18H15BrN2O3/c1-3-24-18(22)16-13-8-5-9-14(23-2)15(13)20-17(21-16)11-6-4-7-12(19)10-11/h4-10H,3H2,1-2H3. The van der Waals surface area contributed by atoms with Crippen molar-refractivity contribution in [2.45, 2.75) is 6.92 Å². The number of ether oxygens (including phenoxy) is 2. The number of hydrogen-bond donors (Lipinski definition) is 0. The molecule has 0 aliphatic heterocycles. The fourth-order valence-corrected chi connectivity index (χ4v) is 2.80. The van der Waals surface area contributed by atoms with Gasteiger partial charge >= 0.3 is 5.97 Å². The van der Waals surface area contributed by atoms with E-state index in [1.165, 1.54) is 0 Å². The van der Waals surface area contributed by atoms with E-state index < -0.39 is 5.97 Å². The first-order chi connectivity index (χ1) is 11.6. The van der Waals surface area contributed by atoms with Crippen molar-refractivity contribution in [2.24, 2.45) is 0 Å². The molecular weight excluding hydrogens is 372 g/mol. The molecule has 0 aliphatic rings. The second kappa shape index (κ2) is 6.97. The van der Waals surface area contributed by atoms with Gasteiger partial charge in [0, 0.05) is 15.4 Å². The number of methoxy groups -OCH3 is 1. The topological polar surface area (TPSA) is 61.3 Å². The normalized spacial score (nSPS) is 10.6. The maximum Gasteiger partial charge on any atom is 0.357 e. The van der Waals surface area contributed by atoms with Crippen LogP contribution < -0.4 is 4.74 Å². The van der Waals surface area contributed by atoms with Crippen LogP contribution in [0.2, 0.25) is 0 Å². The molecule has 3 aromatic rings. The molecule has 0 fully saturated rings. The van der Waals surface area contributed by atoms with Crippen molar-refractivity contribution in [3.63, 3.8) is 0 Å². The van der Waals surface area contributed by atoms with Crippen LogP contribution in [0.3, 0.4) is 0 Å². The van der Waals surface area contributed by atoms with Crippen LogP contribution in [0.1, 0.15) is 17.4 Å². The van der Waals surface area contributed by atoms with Crippen LogP contribution in [0.25, 0.3) is 22.3 Å². The van der Waals surface area contributed by atoms with Gasteiger partial charge in [-0.15, -0.1) is 0 Å². The summed E-state index contributed by atoms with van der Waals surface area (Å²) in [5.41, 5.74) is 1.60. The largest absolute Gasteiger partial charge is 0.494 e. The van der Waals surface area contributed by atoms with Gasteiger partial charge in [0.05, 0.1) is 13.7 Å². The minimum absolute atomic E-state index is 0.232. The van der Waals surface area contributed by atoms with Crippen LogP contribution >= 0.6 is 15.9 Å². The lowest BCUT2D eigenvalue weighted by Gasteiger charge is -2.11. The van der Waals surface area contributed by atoms with Crippen molar-refractivity contribution in [2.75, 3.05) is 13.7 Å². The molecule has 1 aromatic heterocycles. The Bertz CT molecular complexity index is 912. The summed E-state index contributed by atoms with van der Waals surface area (Å²) < 4.78 is 11.4. The average molecular weight is 387 g/mol. The van der Waals surface area contributed by atoms with Gasteiger partial charge in [-0.05, 0) is 25.1 Å². The first-order valence-corrected chi connectivity index (χ1v) is 8.21. The molecule has 3 rings (SSSR count). The monoisotopic (exact) mass is 386 g/mol. The van der Waals surface area contributed by atoms with Crippen LogP contribution in [0.5, 0.6) is 5.75 Å². The van der Waals surface area contributed by atoms with Gasteiger partial charge in [-0.3, -0.25) is 0 Å². The van der Waals surface area contributed by atoms with Crippen molar-refractivity contribution < 1.29 is 14.3 Å². The highest BCUT2D eigenvalue weighted by Crippen LogP contribution is 2.29. The number of fused-ring (bicyclic) bond motifs is 1. The first kappa shape index (κ1) is 16.4. The van der Waals surface area contributed by atoms with Gasteiger partial charge in [0.1, 0.15) is 11.3 Å². The number of nitrogens with zero attached hydrogens (tertiary/aromatic N) is 2. The summed E-state index contributed by atoms with van der Waals surface area (Å²) in [6.45, 7) is 2.04. The van der Waals surface area contributed by atoms with Crippen molar-refractivity contribution >= 4 is 32.8 Å². The van der Waals surface area contributed by atoms with Gasteiger partial charge in [0.25, 0.3) is 0 Å². The molecular formula is C18H15BrN2O3. The predicted molar refractivity (Wildman–Crippen MR) is 95.2 cm³/mol. The number of para-hydroxylation sites is 1. The van der Waals surface area contributed by atoms with Crippen LogP contribution in [0.4, 0.5) is 0 Å². The van der Waals surface area contributed by atoms with Crippen LogP contribution in [0, 0.1) is 0 Å². The van der Waals surface area contributed by atoms with Crippen LogP contribution in [-0.2, 0) is 4.74 Å². The van der Waals surface area contributed by atoms with Gasteiger partial charge in [-0.25, -0.2) is 14.8 Å². The molecule has 0 saturated heterocycles. The van der Waals surface area contributed by atoms with E-state index in [9.17, 15) is 4.79 Å². The number of benzene rings is 2. The number of aromatic nitrogens is 2. The molecule has 0 N–H and O–H groups in total. The molecule has 0 saturated carbocycles. The summed E-state index contributed by atoms with van der Waals surface area (Å²) in [4.78, 5) is 21.4. The fourth-order valence-electron chi connectivity index (χ4n) is 2.40.